The molecule has 84 valence electrons. The number of piperazine rings is 1. The Kier molecular flexibility index (Phi) is 4.99. The van der Waals surface area contributed by atoms with Crippen molar-refractivity contribution in [3.8, 4) is 0 Å². The molecule has 0 amide bonds. The van der Waals surface area contributed by atoms with E-state index in [0.29, 0.717) is 0 Å². The van der Waals surface area contributed by atoms with Crippen molar-refractivity contribution in [2.45, 2.75) is 6.04 Å². The van der Waals surface area contributed by atoms with Crippen LogP contribution in [0, 0.1) is 5.82 Å². The molecule has 1 aromatic carbocycles. The Hall–Kier alpha value is -0.160. The molecule has 1 atom stereocenters. The van der Waals surface area contributed by atoms with Gasteiger partial charge in [-0.15, -0.1) is 12.4 Å². The van der Waals surface area contributed by atoms with Gasteiger partial charge >= 0.3 is 0 Å². The summed E-state index contributed by atoms with van der Waals surface area (Å²) in [5.41, 5.74) is 0.984. The minimum absolute atomic E-state index is 0. The van der Waals surface area contributed by atoms with Crippen LogP contribution in [0.15, 0.2) is 22.7 Å². The second-order valence-corrected chi connectivity index (χ2v) is 4.23. The van der Waals surface area contributed by atoms with Crippen molar-refractivity contribution >= 4 is 28.3 Å². The van der Waals surface area contributed by atoms with Crippen LogP contribution >= 0.6 is 28.3 Å². The minimum atomic E-state index is -0.185. The van der Waals surface area contributed by atoms with Crippen molar-refractivity contribution in [3.63, 3.8) is 0 Å². The quantitative estimate of drug-likeness (QED) is 0.830. The van der Waals surface area contributed by atoms with E-state index < -0.39 is 0 Å². The molecular weight excluding hydrogens is 282 g/mol. The van der Waals surface area contributed by atoms with E-state index in [1.807, 2.05) is 0 Å². The lowest BCUT2D eigenvalue weighted by atomic mass is 10.1. The van der Waals surface area contributed by atoms with Gasteiger partial charge in [0.2, 0.25) is 0 Å². The maximum Gasteiger partial charge on any atom is 0.123 e. The van der Waals surface area contributed by atoms with Crippen LogP contribution in [0.4, 0.5) is 4.39 Å². The van der Waals surface area contributed by atoms with E-state index in [2.05, 4.69) is 26.6 Å². The Morgan fingerprint density at radius 2 is 2.13 bits per heavy atom. The molecule has 0 spiro atoms. The summed E-state index contributed by atoms with van der Waals surface area (Å²) in [6.45, 7) is 2.75. The minimum Gasteiger partial charge on any atom is -0.314 e. The predicted octanol–water partition coefficient (Wildman–Crippen LogP) is 2.24. The van der Waals surface area contributed by atoms with Crippen LogP contribution < -0.4 is 10.6 Å². The van der Waals surface area contributed by atoms with Crippen molar-refractivity contribution in [3.05, 3.63) is 34.1 Å². The Bertz CT molecular complexity index is 329. The fourth-order valence-electron chi connectivity index (χ4n) is 1.65. The van der Waals surface area contributed by atoms with Crippen molar-refractivity contribution in [1.29, 1.82) is 0 Å². The fraction of sp³-hybridized carbons (Fsp3) is 0.400. The van der Waals surface area contributed by atoms with Crippen molar-refractivity contribution in [2.24, 2.45) is 0 Å². The van der Waals surface area contributed by atoms with Crippen molar-refractivity contribution in [1.82, 2.24) is 10.6 Å². The Labute approximate surface area is 103 Å². The molecule has 0 aromatic heterocycles. The van der Waals surface area contributed by atoms with Crippen LogP contribution in [0.2, 0.25) is 0 Å². The number of nitrogens with one attached hydrogen (secondary N) is 2. The van der Waals surface area contributed by atoms with Gasteiger partial charge in [-0.05, 0) is 23.8 Å². The first-order valence-corrected chi connectivity index (χ1v) is 5.46. The van der Waals surface area contributed by atoms with Gasteiger partial charge in [-0.1, -0.05) is 15.9 Å². The van der Waals surface area contributed by atoms with Crippen LogP contribution in [0.1, 0.15) is 11.6 Å². The molecule has 1 heterocycles. The maximum absolute atomic E-state index is 13.0. The Balaban J connectivity index is 0.00000112. The van der Waals surface area contributed by atoms with E-state index in [-0.39, 0.29) is 24.3 Å². The summed E-state index contributed by atoms with van der Waals surface area (Å²) < 4.78 is 14.0. The molecule has 1 aliphatic heterocycles. The largest absolute Gasteiger partial charge is 0.314 e. The number of hydrogen-bond acceptors (Lipinski definition) is 2. The summed E-state index contributed by atoms with van der Waals surface area (Å²) in [7, 11) is 0. The molecule has 5 heteroatoms. The normalized spacial score (nSPS) is 20.8. The maximum atomic E-state index is 13.0. The van der Waals surface area contributed by atoms with Gasteiger partial charge in [0, 0.05) is 30.1 Å². The monoisotopic (exact) mass is 294 g/mol. The van der Waals surface area contributed by atoms with E-state index in [0.717, 1.165) is 29.7 Å². The molecule has 1 aliphatic rings. The molecule has 2 N–H and O–H groups in total. The third-order valence-electron chi connectivity index (χ3n) is 2.37. The van der Waals surface area contributed by atoms with Gasteiger partial charge in [0.15, 0.2) is 0 Å². The van der Waals surface area contributed by atoms with Crippen LogP contribution in [-0.4, -0.2) is 19.6 Å². The number of hydrogen-bond donors (Lipinski definition) is 2. The Morgan fingerprint density at radius 3 is 2.80 bits per heavy atom. The second-order valence-electron chi connectivity index (χ2n) is 3.38. The average molecular weight is 296 g/mol. The summed E-state index contributed by atoms with van der Waals surface area (Å²) in [5.74, 6) is -0.185. The summed E-state index contributed by atoms with van der Waals surface area (Å²) >= 11 is 3.43. The van der Waals surface area contributed by atoms with Crippen LogP contribution in [0.5, 0.6) is 0 Å². The van der Waals surface area contributed by atoms with Crippen LogP contribution in [-0.2, 0) is 0 Å². The molecule has 0 aliphatic carbocycles. The van der Waals surface area contributed by atoms with Crippen LogP contribution in [0.3, 0.4) is 0 Å². The molecule has 15 heavy (non-hydrogen) atoms. The molecule has 2 rings (SSSR count). The lowest BCUT2D eigenvalue weighted by Crippen LogP contribution is -2.42. The lowest BCUT2D eigenvalue weighted by Gasteiger charge is -2.25. The molecule has 2 nitrogen and oxygen atoms in total. The third-order valence-corrected chi connectivity index (χ3v) is 3.10. The van der Waals surface area contributed by atoms with Gasteiger partial charge in [0.05, 0.1) is 0 Å². The molecule has 0 unspecified atom stereocenters. The first-order chi connectivity index (χ1) is 6.77. The standard InChI is InChI=1S/C10H12BrFN2.ClH/c11-9-2-1-7(12)5-8(9)10-6-13-3-4-14-10;/h1-2,5,10,13-14H,3-4,6H2;1H/t10-;/m1./s1. The van der Waals surface area contributed by atoms with Crippen molar-refractivity contribution in [2.75, 3.05) is 19.6 Å². The zero-order valence-electron chi connectivity index (χ0n) is 8.09. The lowest BCUT2D eigenvalue weighted by molar-refractivity contribution is 0.427. The van der Waals surface area contributed by atoms with Gasteiger partial charge in [-0.2, -0.15) is 0 Å². The zero-order chi connectivity index (χ0) is 9.97. The van der Waals surface area contributed by atoms with Gasteiger partial charge < -0.3 is 10.6 Å². The molecule has 0 saturated carbocycles. The predicted molar refractivity (Wildman–Crippen MR) is 65.0 cm³/mol. The first-order valence-electron chi connectivity index (χ1n) is 4.66. The first kappa shape index (κ1) is 12.9. The second kappa shape index (κ2) is 5.80. The molecule has 0 radical (unpaired) electrons. The van der Waals surface area contributed by atoms with E-state index in [4.69, 9.17) is 0 Å². The topological polar surface area (TPSA) is 24.1 Å². The molecule has 1 aromatic rings. The average Bonchev–Trinajstić information content (AvgIpc) is 2.23. The molecule has 0 bridgehead atoms. The van der Waals surface area contributed by atoms with E-state index in [9.17, 15) is 4.39 Å². The number of halogens is 3. The van der Waals surface area contributed by atoms with E-state index in [1.54, 1.807) is 12.1 Å². The summed E-state index contributed by atoms with van der Waals surface area (Å²) in [4.78, 5) is 0. The van der Waals surface area contributed by atoms with Crippen LogP contribution in [0.25, 0.3) is 0 Å². The SMILES string of the molecule is Cl.Fc1ccc(Br)c([C@H]2CNCCN2)c1. The fourth-order valence-corrected chi connectivity index (χ4v) is 2.18. The summed E-state index contributed by atoms with van der Waals surface area (Å²) in [5, 5.41) is 6.62. The molecular formula is C10H13BrClFN2. The van der Waals surface area contributed by atoms with Gasteiger partial charge in [-0.3, -0.25) is 0 Å². The number of benzene rings is 1. The highest BCUT2D eigenvalue weighted by atomic mass is 79.9. The summed E-state index contributed by atoms with van der Waals surface area (Å²) in [6, 6.07) is 4.99. The highest BCUT2D eigenvalue weighted by molar-refractivity contribution is 9.10. The Morgan fingerprint density at radius 1 is 1.33 bits per heavy atom. The highest BCUT2D eigenvalue weighted by Gasteiger charge is 2.16. The van der Waals surface area contributed by atoms with E-state index in [1.165, 1.54) is 6.07 Å². The highest BCUT2D eigenvalue weighted by Crippen LogP contribution is 2.24. The summed E-state index contributed by atoms with van der Waals surface area (Å²) in [6.07, 6.45) is 0. The van der Waals surface area contributed by atoms with Gasteiger partial charge in [0.25, 0.3) is 0 Å². The smallest absolute Gasteiger partial charge is 0.123 e. The van der Waals surface area contributed by atoms with Gasteiger partial charge in [0.1, 0.15) is 5.82 Å². The zero-order valence-corrected chi connectivity index (χ0v) is 10.5. The van der Waals surface area contributed by atoms with Gasteiger partial charge in [-0.25, -0.2) is 4.39 Å². The van der Waals surface area contributed by atoms with Crippen molar-refractivity contribution < 1.29 is 4.39 Å². The number of rotatable bonds is 1. The third kappa shape index (κ3) is 3.14. The molecule has 1 saturated heterocycles. The molecule has 1 fully saturated rings. The van der Waals surface area contributed by atoms with E-state index >= 15 is 0 Å².